The van der Waals surface area contributed by atoms with E-state index in [1.807, 2.05) is 13.8 Å². The monoisotopic (exact) mass is 408 g/mol. The summed E-state index contributed by atoms with van der Waals surface area (Å²) in [4.78, 5) is 12.1. The van der Waals surface area contributed by atoms with Gasteiger partial charge in [0, 0.05) is 6.54 Å². The predicted octanol–water partition coefficient (Wildman–Crippen LogP) is 3.03. The van der Waals surface area contributed by atoms with E-state index in [1.165, 1.54) is 11.6 Å². The van der Waals surface area contributed by atoms with Crippen molar-refractivity contribution in [3.63, 3.8) is 0 Å². The van der Waals surface area contributed by atoms with Crippen LogP contribution in [-0.2, 0) is 10.0 Å². The van der Waals surface area contributed by atoms with Gasteiger partial charge in [-0.3, -0.25) is 10.1 Å². The Labute approximate surface area is 153 Å². The number of hydrogen-bond donors (Lipinski definition) is 2. The second-order valence-electron chi connectivity index (χ2n) is 5.21. The van der Waals surface area contributed by atoms with Crippen molar-refractivity contribution in [3.05, 3.63) is 33.3 Å². The van der Waals surface area contributed by atoms with Crippen molar-refractivity contribution in [2.75, 3.05) is 11.9 Å². The van der Waals surface area contributed by atoms with Gasteiger partial charge >= 0.3 is 0 Å². The van der Waals surface area contributed by atoms with Gasteiger partial charge in [0.15, 0.2) is 0 Å². The molecule has 0 spiro atoms. The third kappa shape index (κ3) is 4.64. The lowest BCUT2D eigenvalue weighted by Gasteiger charge is -2.12. The molecule has 7 nitrogen and oxygen atoms in total. The van der Waals surface area contributed by atoms with E-state index in [-0.39, 0.29) is 38.1 Å². The van der Waals surface area contributed by atoms with Crippen LogP contribution in [0.5, 0.6) is 0 Å². The van der Waals surface area contributed by atoms with Gasteiger partial charge in [0.2, 0.25) is 15.2 Å². The van der Waals surface area contributed by atoms with Crippen molar-refractivity contribution in [1.82, 2.24) is 14.9 Å². The van der Waals surface area contributed by atoms with Crippen LogP contribution in [0.4, 0.5) is 5.13 Å². The molecule has 2 rings (SSSR count). The van der Waals surface area contributed by atoms with E-state index < -0.39 is 15.9 Å². The third-order valence-corrected chi connectivity index (χ3v) is 5.63. The van der Waals surface area contributed by atoms with E-state index in [0.717, 1.165) is 17.4 Å². The molecule has 0 unspecified atom stereocenters. The fourth-order valence-corrected chi connectivity index (χ4v) is 4.17. The second kappa shape index (κ2) is 7.75. The number of nitrogens with zero attached hydrogens (tertiary/aromatic N) is 2. The normalized spacial score (nSPS) is 11.7. The highest BCUT2D eigenvalue weighted by molar-refractivity contribution is 7.89. The van der Waals surface area contributed by atoms with Gasteiger partial charge < -0.3 is 0 Å². The van der Waals surface area contributed by atoms with Gasteiger partial charge in [-0.25, -0.2) is 13.1 Å². The summed E-state index contributed by atoms with van der Waals surface area (Å²) in [5, 5.41) is 10.0. The number of halogens is 2. The van der Waals surface area contributed by atoms with Crippen molar-refractivity contribution in [2.45, 2.75) is 18.7 Å². The smallest absolute Gasteiger partial charge is 0.259 e. The number of benzene rings is 1. The summed E-state index contributed by atoms with van der Waals surface area (Å²) in [6.07, 6.45) is 0. The highest BCUT2D eigenvalue weighted by Gasteiger charge is 2.23. The molecule has 0 aliphatic carbocycles. The van der Waals surface area contributed by atoms with E-state index in [4.69, 9.17) is 23.2 Å². The Hall–Kier alpha value is -1.26. The predicted molar refractivity (Wildman–Crippen MR) is 94.4 cm³/mol. The molecule has 2 aromatic rings. The summed E-state index contributed by atoms with van der Waals surface area (Å²) >= 11 is 13.1. The van der Waals surface area contributed by atoms with E-state index in [2.05, 4.69) is 20.2 Å². The molecule has 2 N–H and O–H groups in total. The van der Waals surface area contributed by atoms with E-state index in [9.17, 15) is 13.2 Å². The molecule has 130 valence electrons. The van der Waals surface area contributed by atoms with Crippen LogP contribution in [0.2, 0.25) is 10.0 Å². The summed E-state index contributed by atoms with van der Waals surface area (Å²) < 4.78 is 27.2. The van der Waals surface area contributed by atoms with Gasteiger partial charge in [-0.2, -0.15) is 0 Å². The van der Waals surface area contributed by atoms with Crippen LogP contribution in [0, 0.1) is 5.92 Å². The van der Waals surface area contributed by atoms with Crippen LogP contribution in [0.1, 0.15) is 24.2 Å². The Balaban J connectivity index is 2.35. The standard InChI is InChI=1S/C13H14Cl2N4O3S2/c1-7(2)5-17-24(21,22)11-3-8(9(14)4-10(11)15)12(20)18-13-19-16-6-23-13/h3-4,6-7,17H,5H2,1-2H3,(H,18,19,20). The minimum absolute atomic E-state index is 0.0267. The largest absolute Gasteiger partial charge is 0.296 e. The summed E-state index contributed by atoms with van der Waals surface area (Å²) in [7, 11) is -3.87. The summed E-state index contributed by atoms with van der Waals surface area (Å²) in [6.45, 7) is 3.98. The first-order valence-electron chi connectivity index (χ1n) is 6.77. The molecule has 1 heterocycles. The molecular weight excluding hydrogens is 395 g/mol. The molecule has 1 aromatic heterocycles. The summed E-state index contributed by atoms with van der Waals surface area (Å²) in [6, 6.07) is 2.37. The number of carbonyl (C=O) groups excluding carboxylic acids is 1. The van der Waals surface area contributed by atoms with Crippen LogP contribution in [-0.4, -0.2) is 31.1 Å². The fourth-order valence-electron chi connectivity index (χ4n) is 1.66. The van der Waals surface area contributed by atoms with Crippen LogP contribution < -0.4 is 10.0 Å². The van der Waals surface area contributed by atoms with E-state index in [1.54, 1.807) is 0 Å². The number of amides is 1. The van der Waals surface area contributed by atoms with Crippen LogP contribution in [0.3, 0.4) is 0 Å². The van der Waals surface area contributed by atoms with Gasteiger partial charge in [0.05, 0.1) is 15.6 Å². The first kappa shape index (κ1) is 19.1. The van der Waals surface area contributed by atoms with Gasteiger partial charge in [0.25, 0.3) is 5.91 Å². The Morgan fingerprint density at radius 1 is 1.29 bits per heavy atom. The lowest BCUT2D eigenvalue weighted by atomic mass is 10.2. The average Bonchev–Trinajstić information content (AvgIpc) is 2.97. The quantitative estimate of drug-likeness (QED) is 0.764. The number of anilines is 1. The highest BCUT2D eigenvalue weighted by Crippen LogP contribution is 2.29. The number of aromatic nitrogens is 2. The number of carbonyl (C=O) groups is 1. The highest BCUT2D eigenvalue weighted by atomic mass is 35.5. The molecule has 1 amide bonds. The molecule has 0 saturated heterocycles. The van der Waals surface area contributed by atoms with Crippen LogP contribution >= 0.6 is 34.5 Å². The zero-order valence-corrected chi connectivity index (χ0v) is 15.9. The molecule has 24 heavy (non-hydrogen) atoms. The molecular formula is C13H14Cl2N4O3S2. The molecule has 0 bridgehead atoms. The zero-order chi connectivity index (χ0) is 17.9. The van der Waals surface area contributed by atoms with Gasteiger partial charge in [-0.1, -0.05) is 48.4 Å². The molecule has 0 aliphatic heterocycles. The van der Waals surface area contributed by atoms with Crippen molar-refractivity contribution < 1.29 is 13.2 Å². The number of sulfonamides is 1. The maximum Gasteiger partial charge on any atom is 0.259 e. The molecule has 0 fully saturated rings. The summed E-state index contributed by atoms with van der Waals surface area (Å²) in [5.41, 5.74) is 1.42. The molecule has 11 heteroatoms. The number of nitrogens with one attached hydrogen (secondary N) is 2. The molecule has 1 aromatic carbocycles. The van der Waals surface area contributed by atoms with E-state index in [0.29, 0.717) is 0 Å². The molecule has 0 radical (unpaired) electrons. The molecule has 0 aliphatic rings. The first-order valence-corrected chi connectivity index (χ1v) is 9.89. The minimum Gasteiger partial charge on any atom is -0.296 e. The average molecular weight is 409 g/mol. The van der Waals surface area contributed by atoms with Crippen molar-refractivity contribution >= 4 is 55.6 Å². The van der Waals surface area contributed by atoms with Crippen molar-refractivity contribution in [1.29, 1.82) is 0 Å². The Morgan fingerprint density at radius 3 is 2.58 bits per heavy atom. The maximum absolute atomic E-state index is 12.4. The molecule has 0 atom stereocenters. The Morgan fingerprint density at radius 2 is 2.00 bits per heavy atom. The molecule has 0 saturated carbocycles. The van der Waals surface area contributed by atoms with Crippen molar-refractivity contribution in [3.8, 4) is 0 Å². The second-order valence-corrected chi connectivity index (χ2v) is 8.59. The zero-order valence-electron chi connectivity index (χ0n) is 12.7. The lowest BCUT2D eigenvalue weighted by Crippen LogP contribution is -2.28. The summed E-state index contributed by atoms with van der Waals surface area (Å²) in [5.74, 6) is -0.486. The third-order valence-electron chi connectivity index (χ3n) is 2.82. The minimum atomic E-state index is -3.87. The first-order chi connectivity index (χ1) is 11.2. The van der Waals surface area contributed by atoms with E-state index >= 15 is 0 Å². The lowest BCUT2D eigenvalue weighted by molar-refractivity contribution is 0.102. The number of hydrogen-bond acceptors (Lipinski definition) is 6. The Bertz CT molecular complexity index is 839. The SMILES string of the molecule is CC(C)CNS(=O)(=O)c1cc(C(=O)Nc2nncs2)c(Cl)cc1Cl. The van der Waals surface area contributed by atoms with Gasteiger partial charge in [-0.15, -0.1) is 10.2 Å². The Kier molecular flexibility index (Phi) is 6.16. The topological polar surface area (TPSA) is 101 Å². The number of rotatable bonds is 6. The fraction of sp³-hybridized carbons (Fsp3) is 0.308. The maximum atomic E-state index is 12.4. The van der Waals surface area contributed by atoms with Crippen LogP contribution in [0.15, 0.2) is 22.5 Å². The van der Waals surface area contributed by atoms with Crippen LogP contribution in [0.25, 0.3) is 0 Å². The van der Waals surface area contributed by atoms with Gasteiger partial charge in [0.1, 0.15) is 10.4 Å². The van der Waals surface area contributed by atoms with Crippen molar-refractivity contribution in [2.24, 2.45) is 5.92 Å². The van der Waals surface area contributed by atoms with Gasteiger partial charge in [-0.05, 0) is 18.1 Å².